The molecule has 0 saturated heterocycles. The summed E-state index contributed by atoms with van der Waals surface area (Å²) in [6.45, 7) is 1.24. The van der Waals surface area contributed by atoms with E-state index in [1.807, 2.05) is 54.6 Å². The summed E-state index contributed by atoms with van der Waals surface area (Å²) in [4.78, 5) is 29.0. The van der Waals surface area contributed by atoms with Gasteiger partial charge in [-0.3, -0.25) is 14.2 Å². The number of hydrogen-bond donors (Lipinski definition) is 3. The molecule has 0 aliphatic carbocycles. The number of nitrogens with zero attached hydrogens (tertiary/aromatic N) is 2. The van der Waals surface area contributed by atoms with Crippen LogP contribution in [0.5, 0.6) is 0 Å². The lowest BCUT2D eigenvalue weighted by molar-refractivity contribution is -0.119. The van der Waals surface area contributed by atoms with Gasteiger partial charge < -0.3 is 15.7 Å². The standard InChI is InChI=1S/C24H26N4O3/c29-21(18-4-2-1-3-5-18)16-25-14-12-17-6-8-19(9-7-17)27-24(31)20-10-11-22-26-15-13-23(30)28(20)22/h1-9,13,15,20-21,25,29H,10-12,14,16H2,(H,27,31)/t20-,21?/m0/s1. The monoisotopic (exact) mass is 418 g/mol. The maximum Gasteiger partial charge on any atom is 0.254 e. The smallest absolute Gasteiger partial charge is 0.254 e. The number of amides is 1. The number of carbonyl (C=O) groups is 1. The van der Waals surface area contributed by atoms with E-state index in [4.69, 9.17) is 0 Å². The van der Waals surface area contributed by atoms with Gasteiger partial charge >= 0.3 is 0 Å². The first-order valence-corrected chi connectivity index (χ1v) is 10.5. The van der Waals surface area contributed by atoms with Gasteiger partial charge in [0, 0.05) is 30.9 Å². The number of nitrogens with one attached hydrogen (secondary N) is 2. The quantitative estimate of drug-likeness (QED) is 0.488. The molecule has 0 fully saturated rings. The summed E-state index contributed by atoms with van der Waals surface area (Å²) in [6.07, 6.45) is 2.98. The lowest BCUT2D eigenvalue weighted by Crippen LogP contribution is -2.31. The van der Waals surface area contributed by atoms with Gasteiger partial charge in [0.25, 0.3) is 5.56 Å². The first-order valence-electron chi connectivity index (χ1n) is 10.5. The molecule has 2 heterocycles. The normalized spacial score (nSPS) is 16.0. The molecule has 7 heteroatoms. The Labute approximate surface area is 180 Å². The van der Waals surface area contributed by atoms with E-state index in [1.54, 1.807) is 0 Å². The highest BCUT2D eigenvalue weighted by molar-refractivity contribution is 5.94. The van der Waals surface area contributed by atoms with E-state index in [2.05, 4.69) is 15.6 Å². The average Bonchev–Trinajstić information content (AvgIpc) is 3.24. The predicted molar refractivity (Wildman–Crippen MR) is 119 cm³/mol. The fourth-order valence-electron chi connectivity index (χ4n) is 3.86. The van der Waals surface area contributed by atoms with E-state index in [0.717, 1.165) is 24.1 Å². The fraction of sp³-hybridized carbons (Fsp3) is 0.292. The summed E-state index contributed by atoms with van der Waals surface area (Å²) < 4.78 is 1.49. The summed E-state index contributed by atoms with van der Waals surface area (Å²) in [5.41, 5.74) is 2.54. The molecule has 2 atom stereocenters. The Morgan fingerprint density at radius 2 is 1.90 bits per heavy atom. The molecule has 0 bridgehead atoms. The highest BCUT2D eigenvalue weighted by atomic mass is 16.3. The second kappa shape index (κ2) is 9.68. The van der Waals surface area contributed by atoms with Gasteiger partial charge in [-0.25, -0.2) is 4.98 Å². The third-order valence-corrected chi connectivity index (χ3v) is 5.55. The van der Waals surface area contributed by atoms with Crippen LogP contribution in [0.2, 0.25) is 0 Å². The summed E-state index contributed by atoms with van der Waals surface area (Å²) in [6, 6.07) is 18.1. The first-order chi connectivity index (χ1) is 15.1. The van der Waals surface area contributed by atoms with Gasteiger partial charge in [0.2, 0.25) is 5.91 Å². The Balaban J connectivity index is 1.25. The van der Waals surface area contributed by atoms with Crippen molar-refractivity contribution in [3.8, 4) is 0 Å². The molecule has 160 valence electrons. The Hall–Kier alpha value is -3.29. The number of aliphatic hydroxyl groups is 1. The second-order valence-corrected chi connectivity index (χ2v) is 7.69. The number of rotatable bonds is 8. The average molecular weight is 418 g/mol. The van der Waals surface area contributed by atoms with Crippen LogP contribution in [0.3, 0.4) is 0 Å². The minimum Gasteiger partial charge on any atom is -0.387 e. The van der Waals surface area contributed by atoms with Crippen LogP contribution in [0.15, 0.2) is 71.7 Å². The third kappa shape index (κ3) is 5.07. The van der Waals surface area contributed by atoms with Crippen molar-refractivity contribution in [1.29, 1.82) is 0 Å². The Bertz CT molecular complexity index is 1080. The van der Waals surface area contributed by atoms with E-state index in [-0.39, 0.29) is 11.5 Å². The number of carbonyl (C=O) groups excluding carboxylic acids is 1. The van der Waals surface area contributed by atoms with Crippen molar-refractivity contribution in [2.45, 2.75) is 31.4 Å². The number of benzene rings is 2. The molecular formula is C24H26N4O3. The fourth-order valence-corrected chi connectivity index (χ4v) is 3.86. The Morgan fingerprint density at radius 1 is 1.13 bits per heavy atom. The number of anilines is 1. The van der Waals surface area contributed by atoms with Gasteiger partial charge in [-0.1, -0.05) is 42.5 Å². The van der Waals surface area contributed by atoms with E-state index in [9.17, 15) is 14.7 Å². The zero-order valence-corrected chi connectivity index (χ0v) is 17.2. The molecule has 3 aromatic rings. The molecule has 31 heavy (non-hydrogen) atoms. The summed E-state index contributed by atoms with van der Waals surface area (Å²) >= 11 is 0. The number of aliphatic hydroxyl groups excluding tert-OH is 1. The molecule has 1 aliphatic rings. The van der Waals surface area contributed by atoms with Crippen molar-refractivity contribution >= 4 is 11.6 Å². The Morgan fingerprint density at radius 3 is 2.68 bits per heavy atom. The van der Waals surface area contributed by atoms with Crippen molar-refractivity contribution in [2.75, 3.05) is 18.4 Å². The van der Waals surface area contributed by atoms with Crippen LogP contribution in [0.1, 0.15) is 35.5 Å². The predicted octanol–water partition coefficient (Wildman–Crippen LogP) is 2.23. The maximum absolute atomic E-state index is 12.7. The molecule has 2 aromatic carbocycles. The van der Waals surface area contributed by atoms with Crippen LogP contribution in [-0.4, -0.2) is 33.7 Å². The van der Waals surface area contributed by atoms with E-state index in [1.165, 1.54) is 16.8 Å². The SMILES string of the molecule is O=C(Nc1ccc(CCNCC(O)c2ccccc2)cc1)[C@@H]1CCc2nccc(=O)n21. The molecule has 1 unspecified atom stereocenters. The van der Waals surface area contributed by atoms with Crippen LogP contribution < -0.4 is 16.2 Å². The van der Waals surface area contributed by atoms with Gasteiger partial charge in [0.05, 0.1) is 6.10 Å². The lowest BCUT2D eigenvalue weighted by Gasteiger charge is -2.14. The molecular weight excluding hydrogens is 392 g/mol. The molecule has 0 saturated carbocycles. The number of hydrogen-bond acceptors (Lipinski definition) is 5. The number of aromatic nitrogens is 2. The summed E-state index contributed by atoms with van der Waals surface area (Å²) in [5, 5.41) is 16.4. The van der Waals surface area contributed by atoms with Gasteiger partial charge in [0.15, 0.2) is 0 Å². The molecule has 1 amide bonds. The van der Waals surface area contributed by atoms with Crippen LogP contribution in [0.4, 0.5) is 5.69 Å². The highest BCUT2D eigenvalue weighted by Gasteiger charge is 2.29. The van der Waals surface area contributed by atoms with Crippen molar-refractivity contribution in [3.05, 3.63) is 94.2 Å². The van der Waals surface area contributed by atoms with Crippen molar-refractivity contribution in [2.24, 2.45) is 0 Å². The summed E-state index contributed by atoms with van der Waals surface area (Å²) in [5.74, 6) is 0.464. The highest BCUT2D eigenvalue weighted by Crippen LogP contribution is 2.23. The van der Waals surface area contributed by atoms with Crippen LogP contribution in [-0.2, 0) is 17.6 Å². The summed E-state index contributed by atoms with van der Waals surface area (Å²) in [7, 11) is 0. The van der Waals surface area contributed by atoms with Gasteiger partial charge in [-0.05, 0) is 42.6 Å². The number of fused-ring (bicyclic) bond motifs is 1. The van der Waals surface area contributed by atoms with E-state index < -0.39 is 12.1 Å². The van der Waals surface area contributed by atoms with Crippen molar-refractivity contribution in [1.82, 2.24) is 14.9 Å². The molecule has 0 spiro atoms. The van der Waals surface area contributed by atoms with Crippen molar-refractivity contribution < 1.29 is 9.90 Å². The minimum atomic E-state index is -0.526. The lowest BCUT2D eigenvalue weighted by atomic mass is 10.1. The van der Waals surface area contributed by atoms with Gasteiger partial charge in [-0.2, -0.15) is 0 Å². The zero-order chi connectivity index (χ0) is 21.6. The molecule has 1 aromatic heterocycles. The maximum atomic E-state index is 12.7. The first kappa shape index (κ1) is 21.0. The van der Waals surface area contributed by atoms with Gasteiger partial charge in [0.1, 0.15) is 11.9 Å². The number of aryl methyl sites for hydroxylation is 1. The molecule has 1 aliphatic heterocycles. The zero-order valence-electron chi connectivity index (χ0n) is 17.2. The van der Waals surface area contributed by atoms with Crippen LogP contribution in [0, 0.1) is 0 Å². The molecule has 0 radical (unpaired) electrons. The largest absolute Gasteiger partial charge is 0.387 e. The molecule has 7 nitrogen and oxygen atoms in total. The second-order valence-electron chi connectivity index (χ2n) is 7.69. The third-order valence-electron chi connectivity index (χ3n) is 5.55. The van der Waals surface area contributed by atoms with E-state index in [0.29, 0.717) is 30.9 Å². The van der Waals surface area contributed by atoms with Crippen molar-refractivity contribution in [3.63, 3.8) is 0 Å². The molecule has 4 rings (SSSR count). The topological polar surface area (TPSA) is 96.2 Å². The van der Waals surface area contributed by atoms with Crippen LogP contribution >= 0.6 is 0 Å². The van der Waals surface area contributed by atoms with Gasteiger partial charge in [-0.15, -0.1) is 0 Å². The van der Waals surface area contributed by atoms with E-state index >= 15 is 0 Å². The minimum absolute atomic E-state index is 0.192. The Kier molecular flexibility index (Phi) is 6.54. The van der Waals surface area contributed by atoms with Crippen LogP contribution in [0.25, 0.3) is 0 Å². The molecule has 3 N–H and O–H groups in total.